The van der Waals surface area contributed by atoms with Crippen molar-refractivity contribution in [3.05, 3.63) is 120 Å². The molecule has 1 N–H and O–H groups in total. The maximum atomic E-state index is 12.1. The van der Waals surface area contributed by atoms with Gasteiger partial charge in [-0.25, -0.2) is 0 Å². The molecule has 1 amide bonds. The lowest BCUT2D eigenvalue weighted by Crippen LogP contribution is -2.20. The van der Waals surface area contributed by atoms with E-state index in [0.717, 1.165) is 33.8 Å². The van der Waals surface area contributed by atoms with E-state index in [1.165, 1.54) is 0 Å². The lowest BCUT2D eigenvalue weighted by molar-refractivity contribution is -0.118. The van der Waals surface area contributed by atoms with E-state index in [4.69, 9.17) is 9.47 Å². The van der Waals surface area contributed by atoms with Gasteiger partial charge in [0.2, 0.25) is 0 Å². The second kappa shape index (κ2) is 11.5. The Morgan fingerprint density at radius 3 is 2.15 bits per heavy atom. The number of ether oxygens (including phenoxy) is 2. The molecule has 170 valence electrons. The molecule has 0 bridgehead atoms. The lowest BCUT2D eigenvalue weighted by Gasteiger charge is -2.08. The highest BCUT2D eigenvalue weighted by Crippen LogP contribution is 2.20. The summed E-state index contributed by atoms with van der Waals surface area (Å²) < 4.78 is 11.4. The van der Waals surface area contributed by atoms with Crippen LogP contribution in [0.1, 0.15) is 16.7 Å². The SMILES string of the molecule is Cc1ccc(NC(=O)COc2ccc(C=Nc3ccc(OCc4ccccc4)cc3)cc2)cc1. The van der Waals surface area contributed by atoms with Crippen molar-refractivity contribution in [2.24, 2.45) is 4.99 Å². The minimum Gasteiger partial charge on any atom is -0.489 e. The van der Waals surface area contributed by atoms with Gasteiger partial charge in [0.15, 0.2) is 6.61 Å². The van der Waals surface area contributed by atoms with E-state index in [2.05, 4.69) is 10.3 Å². The first-order chi connectivity index (χ1) is 16.6. The van der Waals surface area contributed by atoms with E-state index in [1.807, 2.05) is 110 Å². The number of nitrogens with one attached hydrogen (secondary N) is 1. The Morgan fingerprint density at radius 2 is 1.44 bits per heavy atom. The van der Waals surface area contributed by atoms with Crippen LogP contribution in [0.4, 0.5) is 11.4 Å². The summed E-state index contributed by atoms with van der Waals surface area (Å²) in [5, 5.41) is 2.82. The van der Waals surface area contributed by atoms with Gasteiger partial charge in [-0.2, -0.15) is 0 Å². The number of anilines is 1. The van der Waals surface area contributed by atoms with Crippen LogP contribution in [0.25, 0.3) is 0 Å². The summed E-state index contributed by atoms with van der Waals surface area (Å²) in [4.78, 5) is 16.6. The number of rotatable bonds is 9. The first-order valence-electron chi connectivity index (χ1n) is 11.0. The summed E-state index contributed by atoms with van der Waals surface area (Å²) in [6.07, 6.45) is 1.79. The molecule has 0 fully saturated rings. The standard InChI is InChI=1S/C29H26N2O3/c1-22-7-11-26(12-8-22)31-29(32)21-34-27-15-9-23(10-16-27)19-30-25-13-17-28(18-14-25)33-20-24-5-3-2-4-6-24/h2-19H,20-21H2,1H3,(H,31,32). The van der Waals surface area contributed by atoms with Crippen LogP contribution in [0.5, 0.6) is 11.5 Å². The second-order valence-electron chi connectivity index (χ2n) is 7.80. The van der Waals surface area contributed by atoms with Gasteiger partial charge in [-0.05, 0) is 78.7 Å². The first-order valence-corrected chi connectivity index (χ1v) is 11.0. The van der Waals surface area contributed by atoms with E-state index in [0.29, 0.717) is 12.4 Å². The molecular weight excluding hydrogens is 424 g/mol. The number of hydrogen-bond donors (Lipinski definition) is 1. The predicted molar refractivity (Wildman–Crippen MR) is 136 cm³/mol. The normalized spacial score (nSPS) is 10.7. The van der Waals surface area contributed by atoms with Crippen molar-refractivity contribution in [3.63, 3.8) is 0 Å². The Kier molecular flexibility index (Phi) is 7.70. The number of carbonyl (C=O) groups is 1. The Balaban J connectivity index is 1.23. The molecular formula is C29H26N2O3. The summed E-state index contributed by atoms with van der Waals surface area (Å²) in [5.74, 6) is 1.22. The average molecular weight is 451 g/mol. The number of aryl methyl sites for hydroxylation is 1. The molecule has 5 nitrogen and oxygen atoms in total. The van der Waals surface area contributed by atoms with Crippen molar-refractivity contribution in [1.82, 2.24) is 0 Å². The Morgan fingerprint density at radius 1 is 0.794 bits per heavy atom. The van der Waals surface area contributed by atoms with Crippen LogP contribution in [0.2, 0.25) is 0 Å². The highest BCUT2D eigenvalue weighted by molar-refractivity contribution is 5.91. The Bertz CT molecular complexity index is 1220. The average Bonchev–Trinajstić information content (AvgIpc) is 2.88. The number of aliphatic imine (C=N–C) groups is 1. The zero-order chi connectivity index (χ0) is 23.6. The Hall–Kier alpha value is -4.38. The third kappa shape index (κ3) is 7.07. The number of nitrogens with zero attached hydrogens (tertiary/aromatic N) is 1. The molecule has 0 unspecified atom stereocenters. The maximum Gasteiger partial charge on any atom is 0.262 e. The number of hydrogen-bond acceptors (Lipinski definition) is 4. The van der Waals surface area contributed by atoms with Crippen LogP contribution < -0.4 is 14.8 Å². The quantitative estimate of drug-likeness (QED) is 0.303. The topological polar surface area (TPSA) is 59.9 Å². The Labute approximate surface area is 199 Å². The van der Waals surface area contributed by atoms with Crippen molar-refractivity contribution in [1.29, 1.82) is 0 Å². The second-order valence-corrected chi connectivity index (χ2v) is 7.80. The van der Waals surface area contributed by atoms with Crippen molar-refractivity contribution in [2.75, 3.05) is 11.9 Å². The van der Waals surface area contributed by atoms with Crippen LogP contribution in [0.15, 0.2) is 108 Å². The molecule has 0 aliphatic carbocycles. The van der Waals surface area contributed by atoms with Gasteiger partial charge in [0.25, 0.3) is 5.91 Å². The van der Waals surface area contributed by atoms with Gasteiger partial charge >= 0.3 is 0 Å². The fourth-order valence-corrected chi connectivity index (χ4v) is 3.15. The van der Waals surface area contributed by atoms with Gasteiger partial charge in [0.05, 0.1) is 5.69 Å². The van der Waals surface area contributed by atoms with Gasteiger partial charge < -0.3 is 14.8 Å². The van der Waals surface area contributed by atoms with E-state index in [9.17, 15) is 4.79 Å². The summed E-state index contributed by atoms with van der Waals surface area (Å²) in [6, 6.07) is 32.8. The third-order valence-corrected chi connectivity index (χ3v) is 5.03. The van der Waals surface area contributed by atoms with Crippen LogP contribution >= 0.6 is 0 Å². The zero-order valence-corrected chi connectivity index (χ0v) is 19.0. The van der Waals surface area contributed by atoms with Crippen molar-refractivity contribution < 1.29 is 14.3 Å². The fourth-order valence-electron chi connectivity index (χ4n) is 3.15. The predicted octanol–water partition coefficient (Wildman–Crippen LogP) is 6.34. The summed E-state index contributed by atoms with van der Waals surface area (Å²) in [6.45, 7) is 2.48. The molecule has 0 saturated heterocycles. The maximum absolute atomic E-state index is 12.1. The highest BCUT2D eigenvalue weighted by Gasteiger charge is 2.04. The van der Waals surface area contributed by atoms with Gasteiger partial charge in [0, 0.05) is 11.9 Å². The molecule has 0 spiro atoms. The molecule has 0 saturated carbocycles. The number of amides is 1. The molecule has 0 atom stereocenters. The van der Waals surface area contributed by atoms with E-state index in [-0.39, 0.29) is 12.5 Å². The fraction of sp³-hybridized carbons (Fsp3) is 0.103. The van der Waals surface area contributed by atoms with Crippen LogP contribution in [0, 0.1) is 6.92 Å². The van der Waals surface area contributed by atoms with Crippen LogP contribution in [-0.4, -0.2) is 18.7 Å². The van der Waals surface area contributed by atoms with E-state index in [1.54, 1.807) is 6.21 Å². The minimum atomic E-state index is -0.203. The molecule has 0 aliphatic rings. The molecule has 4 aromatic rings. The minimum absolute atomic E-state index is 0.0556. The molecule has 0 aromatic heterocycles. The molecule has 5 heteroatoms. The van der Waals surface area contributed by atoms with Crippen molar-refractivity contribution >= 4 is 23.5 Å². The molecule has 0 aliphatic heterocycles. The van der Waals surface area contributed by atoms with E-state index >= 15 is 0 Å². The molecule has 34 heavy (non-hydrogen) atoms. The molecule has 4 rings (SSSR count). The summed E-state index contributed by atoms with van der Waals surface area (Å²) in [5.41, 5.74) is 4.79. The van der Waals surface area contributed by atoms with Crippen LogP contribution in [-0.2, 0) is 11.4 Å². The largest absolute Gasteiger partial charge is 0.489 e. The summed E-state index contributed by atoms with van der Waals surface area (Å²) in [7, 11) is 0. The van der Waals surface area contributed by atoms with Gasteiger partial charge in [-0.1, -0.05) is 48.0 Å². The zero-order valence-electron chi connectivity index (χ0n) is 19.0. The molecule has 4 aromatic carbocycles. The molecule has 0 heterocycles. The van der Waals surface area contributed by atoms with E-state index < -0.39 is 0 Å². The van der Waals surface area contributed by atoms with Crippen LogP contribution in [0.3, 0.4) is 0 Å². The summed E-state index contributed by atoms with van der Waals surface area (Å²) >= 11 is 0. The van der Waals surface area contributed by atoms with Crippen molar-refractivity contribution in [2.45, 2.75) is 13.5 Å². The van der Waals surface area contributed by atoms with Gasteiger partial charge in [0.1, 0.15) is 18.1 Å². The lowest BCUT2D eigenvalue weighted by atomic mass is 10.2. The van der Waals surface area contributed by atoms with Gasteiger partial charge in [-0.15, -0.1) is 0 Å². The smallest absolute Gasteiger partial charge is 0.262 e. The highest BCUT2D eigenvalue weighted by atomic mass is 16.5. The van der Waals surface area contributed by atoms with Gasteiger partial charge in [-0.3, -0.25) is 9.79 Å². The first kappa shape index (κ1) is 22.8. The molecule has 0 radical (unpaired) electrons. The number of carbonyl (C=O) groups excluding carboxylic acids is 1. The van der Waals surface area contributed by atoms with Crippen molar-refractivity contribution in [3.8, 4) is 11.5 Å². The number of benzene rings is 4. The third-order valence-electron chi connectivity index (χ3n) is 5.03. The monoisotopic (exact) mass is 450 g/mol.